The highest BCUT2D eigenvalue weighted by molar-refractivity contribution is 7.09. The van der Waals surface area contributed by atoms with E-state index in [-0.39, 0.29) is 6.09 Å². The monoisotopic (exact) mass is 313 g/mol. The molecular formula is C15H27N3O2S. The van der Waals surface area contributed by atoms with Gasteiger partial charge in [0, 0.05) is 25.0 Å². The van der Waals surface area contributed by atoms with Crippen molar-refractivity contribution in [1.82, 2.24) is 15.2 Å². The van der Waals surface area contributed by atoms with Gasteiger partial charge in [-0.2, -0.15) is 0 Å². The largest absolute Gasteiger partial charge is 0.444 e. The summed E-state index contributed by atoms with van der Waals surface area (Å²) in [6.07, 6.45) is -0.271. The SMILES string of the molecule is Cc1ncsc1CNCC(C)CN(C)C(=O)OC(C)(C)C. The Bertz CT molecular complexity index is 454. The van der Waals surface area contributed by atoms with Crippen molar-refractivity contribution in [2.24, 2.45) is 5.92 Å². The van der Waals surface area contributed by atoms with Gasteiger partial charge in [-0.3, -0.25) is 0 Å². The van der Waals surface area contributed by atoms with Crippen molar-refractivity contribution in [2.75, 3.05) is 20.1 Å². The maximum absolute atomic E-state index is 11.9. The van der Waals surface area contributed by atoms with E-state index in [2.05, 4.69) is 17.2 Å². The topological polar surface area (TPSA) is 54.5 Å². The van der Waals surface area contributed by atoms with Crippen molar-refractivity contribution < 1.29 is 9.53 Å². The minimum absolute atomic E-state index is 0.271. The summed E-state index contributed by atoms with van der Waals surface area (Å²) in [7, 11) is 1.78. The molecule has 6 heteroatoms. The van der Waals surface area contributed by atoms with Gasteiger partial charge >= 0.3 is 6.09 Å². The number of ether oxygens (including phenoxy) is 1. The van der Waals surface area contributed by atoms with E-state index in [0.29, 0.717) is 12.5 Å². The Hall–Kier alpha value is -1.14. The van der Waals surface area contributed by atoms with Gasteiger partial charge in [-0.25, -0.2) is 9.78 Å². The Morgan fingerprint density at radius 3 is 2.71 bits per heavy atom. The van der Waals surface area contributed by atoms with E-state index in [9.17, 15) is 4.79 Å². The van der Waals surface area contributed by atoms with Gasteiger partial charge in [-0.15, -0.1) is 11.3 Å². The van der Waals surface area contributed by atoms with Crippen molar-refractivity contribution in [3.63, 3.8) is 0 Å². The molecule has 0 aromatic carbocycles. The highest BCUT2D eigenvalue weighted by Crippen LogP contribution is 2.12. The Labute approximate surface area is 131 Å². The van der Waals surface area contributed by atoms with Crippen molar-refractivity contribution >= 4 is 17.4 Å². The summed E-state index contributed by atoms with van der Waals surface area (Å²) in [4.78, 5) is 19.0. The van der Waals surface area contributed by atoms with E-state index in [1.165, 1.54) is 4.88 Å². The molecule has 1 unspecified atom stereocenters. The van der Waals surface area contributed by atoms with Crippen LogP contribution < -0.4 is 5.32 Å². The molecule has 120 valence electrons. The molecular weight excluding hydrogens is 286 g/mol. The molecule has 21 heavy (non-hydrogen) atoms. The van der Waals surface area contributed by atoms with Gasteiger partial charge in [0.05, 0.1) is 11.2 Å². The molecule has 0 aliphatic carbocycles. The second-order valence-corrected chi connectivity index (χ2v) is 7.40. The summed E-state index contributed by atoms with van der Waals surface area (Å²) in [5.41, 5.74) is 2.51. The van der Waals surface area contributed by atoms with E-state index >= 15 is 0 Å². The molecule has 5 nitrogen and oxygen atoms in total. The average Bonchev–Trinajstić information content (AvgIpc) is 2.73. The van der Waals surface area contributed by atoms with Crippen LogP contribution in [-0.2, 0) is 11.3 Å². The van der Waals surface area contributed by atoms with E-state index in [1.54, 1.807) is 23.3 Å². The Morgan fingerprint density at radius 1 is 1.52 bits per heavy atom. The van der Waals surface area contributed by atoms with Gasteiger partial charge in [-0.05, 0) is 40.2 Å². The van der Waals surface area contributed by atoms with Gasteiger partial charge in [0.15, 0.2) is 0 Å². The average molecular weight is 313 g/mol. The van der Waals surface area contributed by atoms with E-state index in [0.717, 1.165) is 18.8 Å². The second-order valence-electron chi connectivity index (χ2n) is 6.46. The summed E-state index contributed by atoms with van der Waals surface area (Å²) in [6, 6.07) is 0. The van der Waals surface area contributed by atoms with Crippen LogP contribution in [0.15, 0.2) is 5.51 Å². The standard InChI is InChI=1S/C15H27N3O2S/c1-11(7-16-8-13-12(2)17-10-21-13)9-18(6)14(19)20-15(3,4)5/h10-11,16H,7-9H2,1-6H3. The normalized spacial score (nSPS) is 13.0. The van der Waals surface area contributed by atoms with Gasteiger partial charge in [-0.1, -0.05) is 6.92 Å². The van der Waals surface area contributed by atoms with Crippen LogP contribution in [0.5, 0.6) is 0 Å². The third kappa shape index (κ3) is 6.91. The number of thiazole rings is 1. The Balaban J connectivity index is 2.28. The van der Waals surface area contributed by atoms with Crippen LogP contribution in [0.2, 0.25) is 0 Å². The lowest BCUT2D eigenvalue weighted by atomic mass is 10.1. The number of aryl methyl sites for hydroxylation is 1. The first-order valence-corrected chi connectivity index (χ1v) is 8.11. The zero-order chi connectivity index (χ0) is 16.0. The maximum Gasteiger partial charge on any atom is 0.410 e. The Morgan fingerprint density at radius 2 is 2.19 bits per heavy atom. The van der Waals surface area contributed by atoms with Crippen LogP contribution in [0.3, 0.4) is 0 Å². The third-order valence-electron chi connectivity index (χ3n) is 2.91. The van der Waals surface area contributed by atoms with Crippen molar-refractivity contribution in [3.05, 3.63) is 16.1 Å². The zero-order valence-electron chi connectivity index (χ0n) is 13.9. The molecule has 1 heterocycles. The quantitative estimate of drug-likeness (QED) is 0.877. The maximum atomic E-state index is 11.9. The first-order valence-electron chi connectivity index (χ1n) is 7.23. The predicted molar refractivity (Wildman–Crippen MR) is 86.6 cm³/mol. The summed E-state index contributed by atoms with van der Waals surface area (Å²) in [5, 5.41) is 3.41. The number of nitrogens with one attached hydrogen (secondary N) is 1. The van der Waals surface area contributed by atoms with E-state index in [4.69, 9.17) is 4.74 Å². The molecule has 0 saturated heterocycles. The molecule has 1 amide bonds. The molecule has 1 rings (SSSR count). The van der Waals surface area contributed by atoms with Crippen LogP contribution >= 0.6 is 11.3 Å². The zero-order valence-corrected chi connectivity index (χ0v) is 14.7. The summed E-state index contributed by atoms with van der Waals surface area (Å²) < 4.78 is 5.34. The van der Waals surface area contributed by atoms with Crippen LogP contribution in [0.4, 0.5) is 4.79 Å². The lowest BCUT2D eigenvalue weighted by Crippen LogP contribution is -2.38. The summed E-state index contributed by atoms with van der Waals surface area (Å²) in [5.74, 6) is 0.357. The number of rotatable bonds is 6. The van der Waals surface area contributed by atoms with Crippen LogP contribution in [0.1, 0.15) is 38.3 Å². The number of amides is 1. The minimum atomic E-state index is -0.448. The van der Waals surface area contributed by atoms with Gasteiger partial charge in [0.2, 0.25) is 0 Å². The van der Waals surface area contributed by atoms with E-state index in [1.807, 2.05) is 33.2 Å². The highest BCUT2D eigenvalue weighted by atomic mass is 32.1. The fourth-order valence-electron chi connectivity index (χ4n) is 1.87. The first kappa shape index (κ1) is 17.9. The molecule has 1 aromatic heterocycles. The van der Waals surface area contributed by atoms with Crippen molar-refractivity contribution in [3.8, 4) is 0 Å². The lowest BCUT2D eigenvalue weighted by Gasteiger charge is -2.26. The predicted octanol–water partition coefficient (Wildman–Crippen LogP) is 3.04. The van der Waals surface area contributed by atoms with Crippen LogP contribution in [0, 0.1) is 12.8 Å². The molecule has 0 fully saturated rings. The highest BCUT2D eigenvalue weighted by Gasteiger charge is 2.20. The minimum Gasteiger partial charge on any atom is -0.444 e. The number of hydrogen-bond acceptors (Lipinski definition) is 5. The molecule has 1 atom stereocenters. The molecule has 1 aromatic rings. The summed E-state index contributed by atoms with van der Waals surface area (Å²) >= 11 is 1.67. The number of carbonyl (C=O) groups excluding carboxylic acids is 1. The second kappa shape index (κ2) is 7.75. The molecule has 0 aliphatic rings. The van der Waals surface area contributed by atoms with E-state index < -0.39 is 5.60 Å². The number of carbonyl (C=O) groups is 1. The third-order valence-corrected chi connectivity index (χ3v) is 3.85. The molecule has 1 N–H and O–H groups in total. The smallest absolute Gasteiger partial charge is 0.410 e. The number of hydrogen-bond donors (Lipinski definition) is 1. The fourth-order valence-corrected chi connectivity index (χ4v) is 2.62. The van der Waals surface area contributed by atoms with Crippen molar-refractivity contribution in [1.29, 1.82) is 0 Å². The van der Waals surface area contributed by atoms with Crippen LogP contribution in [0.25, 0.3) is 0 Å². The first-order chi connectivity index (χ1) is 9.69. The molecule has 0 radical (unpaired) electrons. The van der Waals surface area contributed by atoms with Gasteiger partial charge < -0.3 is 15.0 Å². The lowest BCUT2D eigenvalue weighted by molar-refractivity contribution is 0.0277. The molecule has 0 spiro atoms. The fraction of sp³-hybridized carbons (Fsp3) is 0.733. The number of nitrogens with zero attached hydrogens (tertiary/aromatic N) is 2. The molecule has 0 bridgehead atoms. The van der Waals surface area contributed by atoms with Crippen LogP contribution in [-0.4, -0.2) is 41.7 Å². The van der Waals surface area contributed by atoms with Gasteiger partial charge in [0.25, 0.3) is 0 Å². The molecule has 0 aliphatic heterocycles. The number of aromatic nitrogens is 1. The van der Waals surface area contributed by atoms with Crippen molar-refractivity contribution in [2.45, 2.75) is 46.8 Å². The molecule has 0 saturated carbocycles. The summed E-state index contributed by atoms with van der Waals surface area (Å²) in [6.45, 7) is 12.1. The Kier molecular flexibility index (Phi) is 6.61. The van der Waals surface area contributed by atoms with Gasteiger partial charge in [0.1, 0.15) is 5.60 Å².